The third-order valence-electron chi connectivity index (χ3n) is 4.48. The maximum Gasteiger partial charge on any atom is 0.277 e. The van der Waals surface area contributed by atoms with E-state index < -0.39 is 5.91 Å². The second-order valence-corrected chi connectivity index (χ2v) is 7.65. The largest absolute Gasteiger partial charge is 0.493 e. The number of carbonyl (C=O) groups is 1. The van der Waals surface area contributed by atoms with Crippen molar-refractivity contribution < 1.29 is 18.9 Å². The standard InChI is InChI=1S/C21H24BrN5O4/c1-13-3-5-14(6-4-13)12-30-18-10-16(22)15(9-17(18)29-2)11-24-7-8-25-21(28)19-20(23)27-31-26-19/h3-6,9-10,24H,7-8,11-12H2,1-2H3,(H2,23,27)(H,25,28). The lowest BCUT2D eigenvalue weighted by Gasteiger charge is -2.15. The molecule has 0 aliphatic rings. The Balaban J connectivity index is 1.50. The van der Waals surface area contributed by atoms with Crippen LogP contribution in [0.4, 0.5) is 5.82 Å². The number of nitrogen functional groups attached to an aromatic ring is 1. The van der Waals surface area contributed by atoms with Crippen LogP contribution in [0.25, 0.3) is 0 Å². The number of rotatable bonds is 10. The summed E-state index contributed by atoms with van der Waals surface area (Å²) in [5, 5.41) is 12.8. The molecule has 2 aromatic carbocycles. The van der Waals surface area contributed by atoms with Gasteiger partial charge in [0.05, 0.1) is 7.11 Å². The van der Waals surface area contributed by atoms with Crippen LogP contribution in [0, 0.1) is 6.92 Å². The average Bonchev–Trinajstić information content (AvgIpc) is 3.20. The molecule has 1 aromatic heterocycles. The number of ether oxygens (including phenoxy) is 2. The number of halogens is 1. The Morgan fingerprint density at radius 3 is 2.61 bits per heavy atom. The highest BCUT2D eigenvalue weighted by molar-refractivity contribution is 9.10. The molecule has 164 valence electrons. The minimum Gasteiger partial charge on any atom is -0.493 e. The van der Waals surface area contributed by atoms with E-state index in [0.717, 1.165) is 15.6 Å². The number of nitrogens with zero attached hydrogens (tertiary/aromatic N) is 2. The summed E-state index contributed by atoms with van der Waals surface area (Å²) in [5.74, 6) is 0.837. The van der Waals surface area contributed by atoms with Crippen LogP contribution in [-0.4, -0.2) is 36.4 Å². The second kappa shape index (κ2) is 10.8. The van der Waals surface area contributed by atoms with Crippen LogP contribution in [-0.2, 0) is 13.2 Å². The van der Waals surface area contributed by atoms with Crippen LogP contribution in [0.5, 0.6) is 11.5 Å². The molecule has 0 aliphatic carbocycles. The van der Waals surface area contributed by atoms with Crippen molar-refractivity contribution in [2.24, 2.45) is 0 Å². The molecule has 0 fully saturated rings. The highest BCUT2D eigenvalue weighted by Crippen LogP contribution is 2.34. The SMILES string of the molecule is COc1cc(CNCCNC(=O)c2nonc2N)c(Br)cc1OCc1ccc(C)cc1. The van der Waals surface area contributed by atoms with Crippen LogP contribution in [0.1, 0.15) is 27.2 Å². The average molecular weight is 490 g/mol. The lowest BCUT2D eigenvalue weighted by Crippen LogP contribution is -2.32. The van der Waals surface area contributed by atoms with Crippen molar-refractivity contribution in [3.63, 3.8) is 0 Å². The van der Waals surface area contributed by atoms with Crippen molar-refractivity contribution in [2.45, 2.75) is 20.1 Å². The van der Waals surface area contributed by atoms with E-state index in [1.807, 2.05) is 24.3 Å². The molecule has 1 heterocycles. The van der Waals surface area contributed by atoms with E-state index in [9.17, 15) is 4.79 Å². The molecule has 0 atom stereocenters. The smallest absolute Gasteiger partial charge is 0.277 e. The summed E-state index contributed by atoms with van der Waals surface area (Å²) >= 11 is 3.59. The van der Waals surface area contributed by atoms with Gasteiger partial charge in [0, 0.05) is 24.1 Å². The van der Waals surface area contributed by atoms with Gasteiger partial charge in [-0.25, -0.2) is 4.63 Å². The van der Waals surface area contributed by atoms with Gasteiger partial charge in [0.25, 0.3) is 5.91 Å². The first-order valence-electron chi connectivity index (χ1n) is 9.59. The minimum atomic E-state index is -0.432. The molecule has 0 saturated carbocycles. The third-order valence-corrected chi connectivity index (χ3v) is 5.22. The topological polar surface area (TPSA) is 125 Å². The fourth-order valence-corrected chi connectivity index (χ4v) is 3.22. The van der Waals surface area contributed by atoms with Crippen LogP contribution >= 0.6 is 15.9 Å². The molecule has 3 aromatic rings. The molecule has 9 nitrogen and oxygen atoms in total. The number of hydrogen-bond donors (Lipinski definition) is 3. The number of anilines is 1. The summed E-state index contributed by atoms with van der Waals surface area (Å²) in [5.41, 5.74) is 8.76. The Morgan fingerprint density at radius 2 is 1.94 bits per heavy atom. The van der Waals surface area contributed by atoms with Gasteiger partial charge < -0.3 is 25.8 Å². The molecule has 0 aliphatic heterocycles. The summed E-state index contributed by atoms with van der Waals surface area (Å²) < 4.78 is 16.8. The summed E-state index contributed by atoms with van der Waals surface area (Å²) in [4.78, 5) is 11.9. The van der Waals surface area contributed by atoms with Gasteiger partial charge in [-0.15, -0.1) is 0 Å². The van der Waals surface area contributed by atoms with E-state index >= 15 is 0 Å². The quantitative estimate of drug-likeness (QED) is 0.371. The van der Waals surface area contributed by atoms with Gasteiger partial charge in [-0.3, -0.25) is 4.79 Å². The molecule has 0 spiro atoms. The van der Waals surface area contributed by atoms with Gasteiger partial charge in [-0.2, -0.15) is 0 Å². The first kappa shape index (κ1) is 22.6. The molecule has 0 unspecified atom stereocenters. The third kappa shape index (κ3) is 6.19. The van der Waals surface area contributed by atoms with E-state index in [1.54, 1.807) is 7.11 Å². The molecule has 3 rings (SSSR count). The van der Waals surface area contributed by atoms with Crippen molar-refractivity contribution in [1.82, 2.24) is 20.9 Å². The monoisotopic (exact) mass is 489 g/mol. The Morgan fingerprint density at radius 1 is 1.16 bits per heavy atom. The number of benzene rings is 2. The van der Waals surface area contributed by atoms with Crippen LogP contribution in [0.3, 0.4) is 0 Å². The number of nitrogens with one attached hydrogen (secondary N) is 2. The van der Waals surface area contributed by atoms with Gasteiger partial charge >= 0.3 is 0 Å². The molecule has 10 heteroatoms. The zero-order valence-electron chi connectivity index (χ0n) is 17.3. The number of methoxy groups -OCH3 is 1. The van der Waals surface area contributed by atoms with Gasteiger partial charge in [-0.1, -0.05) is 45.8 Å². The Hall–Kier alpha value is -3.11. The van der Waals surface area contributed by atoms with Crippen molar-refractivity contribution >= 4 is 27.7 Å². The number of aryl methyl sites for hydroxylation is 1. The van der Waals surface area contributed by atoms with Crippen LogP contribution in [0.2, 0.25) is 0 Å². The molecule has 0 saturated heterocycles. The summed E-state index contributed by atoms with van der Waals surface area (Å²) in [6, 6.07) is 12.0. The zero-order chi connectivity index (χ0) is 22.2. The van der Waals surface area contributed by atoms with E-state index in [-0.39, 0.29) is 11.5 Å². The van der Waals surface area contributed by atoms with Crippen molar-refractivity contribution in [1.29, 1.82) is 0 Å². The number of nitrogens with two attached hydrogens (primary N) is 1. The highest BCUT2D eigenvalue weighted by Gasteiger charge is 2.15. The number of carbonyl (C=O) groups excluding carboxylic acids is 1. The highest BCUT2D eigenvalue weighted by atomic mass is 79.9. The molecular weight excluding hydrogens is 466 g/mol. The lowest BCUT2D eigenvalue weighted by atomic mass is 10.1. The normalized spacial score (nSPS) is 10.7. The first-order valence-corrected chi connectivity index (χ1v) is 10.4. The minimum absolute atomic E-state index is 0.0197. The molecule has 0 radical (unpaired) electrons. The van der Waals surface area contributed by atoms with E-state index in [0.29, 0.717) is 37.7 Å². The van der Waals surface area contributed by atoms with Crippen LogP contribution < -0.4 is 25.8 Å². The lowest BCUT2D eigenvalue weighted by molar-refractivity contribution is 0.0944. The number of amides is 1. The molecule has 0 bridgehead atoms. The van der Waals surface area contributed by atoms with E-state index in [4.69, 9.17) is 15.2 Å². The number of aromatic nitrogens is 2. The van der Waals surface area contributed by atoms with Gasteiger partial charge in [0.2, 0.25) is 11.5 Å². The van der Waals surface area contributed by atoms with Crippen LogP contribution in [0.15, 0.2) is 45.5 Å². The summed E-state index contributed by atoms with van der Waals surface area (Å²) in [6.07, 6.45) is 0. The summed E-state index contributed by atoms with van der Waals surface area (Å²) in [7, 11) is 1.61. The Labute approximate surface area is 188 Å². The van der Waals surface area contributed by atoms with E-state index in [2.05, 4.69) is 60.6 Å². The maximum atomic E-state index is 11.9. The predicted molar refractivity (Wildman–Crippen MR) is 119 cm³/mol. The molecule has 4 N–H and O–H groups in total. The molecular formula is C21H24BrN5O4. The fourth-order valence-electron chi connectivity index (χ4n) is 2.75. The first-order chi connectivity index (χ1) is 15.0. The second-order valence-electron chi connectivity index (χ2n) is 6.80. The van der Waals surface area contributed by atoms with E-state index in [1.165, 1.54) is 5.56 Å². The fraction of sp³-hybridized carbons (Fsp3) is 0.286. The Bertz CT molecular complexity index is 1020. The molecule has 1 amide bonds. The van der Waals surface area contributed by atoms with Crippen molar-refractivity contribution in [2.75, 3.05) is 25.9 Å². The molecule has 31 heavy (non-hydrogen) atoms. The predicted octanol–water partition coefficient (Wildman–Crippen LogP) is 2.83. The zero-order valence-corrected chi connectivity index (χ0v) is 18.9. The Kier molecular flexibility index (Phi) is 7.85. The number of hydrogen-bond acceptors (Lipinski definition) is 8. The van der Waals surface area contributed by atoms with Gasteiger partial charge in [0.15, 0.2) is 11.5 Å². The summed E-state index contributed by atoms with van der Waals surface area (Å²) in [6.45, 7) is 4.00. The van der Waals surface area contributed by atoms with Gasteiger partial charge in [0.1, 0.15) is 6.61 Å². The van der Waals surface area contributed by atoms with Crippen molar-refractivity contribution in [3.05, 3.63) is 63.3 Å². The van der Waals surface area contributed by atoms with Crippen molar-refractivity contribution in [3.8, 4) is 11.5 Å². The van der Waals surface area contributed by atoms with Gasteiger partial charge in [-0.05, 0) is 40.5 Å². The maximum absolute atomic E-state index is 11.9.